The van der Waals surface area contributed by atoms with E-state index in [0.717, 1.165) is 16.7 Å². The molecule has 1 atom stereocenters. The lowest BCUT2D eigenvalue weighted by Gasteiger charge is -2.19. The number of aromatic nitrogens is 1. The minimum absolute atomic E-state index is 0.134. The monoisotopic (exact) mass is 469 g/mol. The number of carboxylic acids is 1. The summed E-state index contributed by atoms with van der Waals surface area (Å²) in [5, 5.41) is 13.2. The number of amides is 1. The van der Waals surface area contributed by atoms with Gasteiger partial charge in [0.2, 0.25) is 0 Å². The molecule has 8 heteroatoms. The molecule has 2 aromatic heterocycles. The van der Waals surface area contributed by atoms with Gasteiger partial charge in [0.25, 0.3) is 5.91 Å². The van der Waals surface area contributed by atoms with Crippen molar-refractivity contribution in [2.24, 2.45) is 0 Å². The minimum atomic E-state index is -1.03. The van der Waals surface area contributed by atoms with Crippen LogP contribution in [0.1, 0.15) is 50.5 Å². The maximum Gasteiger partial charge on any atom is 0.337 e. The summed E-state index contributed by atoms with van der Waals surface area (Å²) in [6.07, 6.45) is 1.54. The van der Waals surface area contributed by atoms with Crippen molar-refractivity contribution in [2.75, 3.05) is 12.4 Å². The summed E-state index contributed by atoms with van der Waals surface area (Å²) >= 11 is 0. The zero-order valence-corrected chi connectivity index (χ0v) is 19.5. The number of hydrogen-bond acceptors (Lipinski definition) is 6. The van der Waals surface area contributed by atoms with Gasteiger partial charge in [0.1, 0.15) is 17.0 Å². The van der Waals surface area contributed by atoms with Gasteiger partial charge in [0.15, 0.2) is 5.43 Å². The van der Waals surface area contributed by atoms with E-state index in [4.69, 9.17) is 4.42 Å². The molecule has 1 aliphatic heterocycles. The van der Waals surface area contributed by atoms with Crippen LogP contribution >= 0.6 is 0 Å². The molecule has 2 N–H and O–H groups in total. The van der Waals surface area contributed by atoms with E-state index < -0.39 is 5.97 Å². The molecule has 0 radical (unpaired) electrons. The maximum absolute atomic E-state index is 13.1. The predicted octanol–water partition coefficient (Wildman–Crippen LogP) is 4.62. The molecule has 5 rings (SSSR count). The molecule has 176 valence electrons. The summed E-state index contributed by atoms with van der Waals surface area (Å²) in [7, 11) is 1.71. The first-order chi connectivity index (χ1) is 16.7. The van der Waals surface area contributed by atoms with Gasteiger partial charge in [-0.3, -0.25) is 9.59 Å². The Hall–Kier alpha value is -4.46. The highest BCUT2D eigenvalue weighted by atomic mass is 16.4. The number of benzene rings is 2. The standard InChI is InChI=1S/C27H23N3O5/c1-14-8-19(15(2)29-21-7-5-4-6-18(21)27(33)34)25-20(9-14)22(31)11-23(35-25)16-10-17-13-30(3)26(32)24(17)28-12-16/h4-12,15,29H,13H2,1-3H3,(H,33,34). The molecule has 0 fully saturated rings. The molecule has 8 nitrogen and oxygen atoms in total. The minimum Gasteiger partial charge on any atom is -0.478 e. The lowest BCUT2D eigenvalue weighted by molar-refractivity contribution is 0.0697. The zero-order valence-electron chi connectivity index (χ0n) is 19.5. The number of para-hydroxylation sites is 1. The highest BCUT2D eigenvalue weighted by Crippen LogP contribution is 2.32. The fraction of sp³-hybridized carbons (Fsp3) is 0.185. The van der Waals surface area contributed by atoms with Gasteiger partial charge >= 0.3 is 5.97 Å². The number of hydrogen-bond donors (Lipinski definition) is 2. The second kappa shape index (κ2) is 8.39. The van der Waals surface area contributed by atoms with E-state index in [1.807, 2.05) is 26.0 Å². The maximum atomic E-state index is 13.1. The molecule has 0 spiro atoms. The Balaban J connectivity index is 1.61. The zero-order chi connectivity index (χ0) is 24.9. The first kappa shape index (κ1) is 22.3. The first-order valence-corrected chi connectivity index (χ1v) is 11.1. The third kappa shape index (κ3) is 3.93. The Bertz CT molecular complexity index is 1570. The van der Waals surface area contributed by atoms with Crippen molar-refractivity contribution in [1.82, 2.24) is 9.88 Å². The molecule has 1 amide bonds. The number of nitrogens with one attached hydrogen (secondary N) is 1. The number of rotatable bonds is 5. The molecule has 1 aliphatic rings. The third-order valence-corrected chi connectivity index (χ3v) is 6.21. The number of nitrogens with zero attached hydrogens (tertiary/aromatic N) is 2. The molecular formula is C27H23N3O5. The fourth-order valence-corrected chi connectivity index (χ4v) is 4.47. The van der Waals surface area contributed by atoms with Gasteiger partial charge < -0.3 is 19.7 Å². The topological polar surface area (TPSA) is 113 Å². The Labute approximate surface area is 200 Å². The van der Waals surface area contributed by atoms with Crippen LogP contribution in [0.15, 0.2) is 63.9 Å². The van der Waals surface area contributed by atoms with Gasteiger partial charge in [-0.15, -0.1) is 0 Å². The van der Waals surface area contributed by atoms with Crippen molar-refractivity contribution >= 4 is 28.5 Å². The molecular weight excluding hydrogens is 446 g/mol. The van der Waals surface area contributed by atoms with Crippen LogP contribution in [0, 0.1) is 6.92 Å². The SMILES string of the molecule is Cc1cc(C(C)Nc2ccccc2C(=O)O)c2oc(-c3cnc4c(c3)CN(C)C4=O)cc(=O)c2c1. The van der Waals surface area contributed by atoms with Gasteiger partial charge in [-0.1, -0.05) is 18.2 Å². The summed E-state index contributed by atoms with van der Waals surface area (Å²) in [4.78, 5) is 42.8. The van der Waals surface area contributed by atoms with E-state index in [2.05, 4.69) is 10.3 Å². The number of aromatic carboxylic acids is 1. The van der Waals surface area contributed by atoms with E-state index in [0.29, 0.717) is 40.2 Å². The average Bonchev–Trinajstić information content (AvgIpc) is 3.11. The summed E-state index contributed by atoms with van der Waals surface area (Å²) in [5.41, 5.74) is 4.25. The first-order valence-electron chi connectivity index (χ1n) is 11.1. The molecule has 4 aromatic rings. The van der Waals surface area contributed by atoms with Crippen LogP contribution in [-0.2, 0) is 6.54 Å². The van der Waals surface area contributed by atoms with E-state index in [1.54, 1.807) is 42.4 Å². The second-order valence-corrected chi connectivity index (χ2v) is 8.82. The van der Waals surface area contributed by atoms with Gasteiger partial charge in [-0.05, 0) is 43.7 Å². The highest BCUT2D eigenvalue weighted by Gasteiger charge is 2.27. The number of fused-ring (bicyclic) bond motifs is 2. The second-order valence-electron chi connectivity index (χ2n) is 8.82. The van der Waals surface area contributed by atoms with Crippen LogP contribution in [0.4, 0.5) is 5.69 Å². The Morgan fingerprint density at radius 3 is 2.71 bits per heavy atom. The molecule has 3 heterocycles. The summed E-state index contributed by atoms with van der Waals surface area (Å²) in [6.45, 7) is 4.23. The van der Waals surface area contributed by atoms with Crippen LogP contribution in [0.2, 0.25) is 0 Å². The van der Waals surface area contributed by atoms with E-state index >= 15 is 0 Å². The average molecular weight is 469 g/mol. The smallest absolute Gasteiger partial charge is 0.337 e. The van der Waals surface area contributed by atoms with Crippen molar-refractivity contribution in [1.29, 1.82) is 0 Å². The summed E-state index contributed by atoms with van der Waals surface area (Å²) < 4.78 is 6.27. The number of carboxylic acid groups (broad SMARTS) is 1. The Morgan fingerprint density at radius 1 is 1.17 bits per heavy atom. The third-order valence-electron chi connectivity index (χ3n) is 6.21. The van der Waals surface area contributed by atoms with Gasteiger partial charge in [0.05, 0.1) is 17.0 Å². The molecule has 2 aromatic carbocycles. The number of pyridine rings is 1. The summed E-state index contributed by atoms with van der Waals surface area (Å²) in [5.74, 6) is -0.815. The quantitative estimate of drug-likeness (QED) is 0.438. The van der Waals surface area contributed by atoms with Crippen molar-refractivity contribution in [3.8, 4) is 11.3 Å². The predicted molar refractivity (Wildman–Crippen MR) is 132 cm³/mol. The largest absolute Gasteiger partial charge is 0.478 e. The van der Waals surface area contributed by atoms with Crippen molar-refractivity contribution in [2.45, 2.75) is 26.4 Å². The van der Waals surface area contributed by atoms with Gasteiger partial charge in [-0.2, -0.15) is 0 Å². The number of carbonyl (C=O) groups is 2. The van der Waals surface area contributed by atoms with Gasteiger partial charge in [-0.25, -0.2) is 9.78 Å². The van der Waals surface area contributed by atoms with Crippen molar-refractivity contribution in [3.63, 3.8) is 0 Å². The highest BCUT2D eigenvalue weighted by molar-refractivity contribution is 5.97. The molecule has 0 saturated carbocycles. The Morgan fingerprint density at radius 2 is 1.94 bits per heavy atom. The van der Waals surface area contributed by atoms with Crippen LogP contribution in [0.25, 0.3) is 22.3 Å². The molecule has 0 saturated heterocycles. The van der Waals surface area contributed by atoms with Crippen LogP contribution in [0.3, 0.4) is 0 Å². The van der Waals surface area contributed by atoms with Crippen molar-refractivity contribution in [3.05, 3.63) is 92.9 Å². The molecule has 0 aliphatic carbocycles. The van der Waals surface area contributed by atoms with E-state index in [1.165, 1.54) is 12.1 Å². The number of anilines is 1. The number of aryl methyl sites for hydroxylation is 1. The lowest BCUT2D eigenvalue weighted by Crippen LogP contribution is -2.18. The van der Waals surface area contributed by atoms with Crippen molar-refractivity contribution < 1.29 is 19.1 Å². The van der Waals surface area contributed by atoms with Gasteiger partial charge in [0, 0.05) is 48.2 Å². The number of carbonyl (C=O) groups excluding carboxylic acids is 1. The lowest BCUT2D eigenvalue weighted by atomic mass is 10.00. The Kier molecular flexibility index (Phi) is 5.36. The molecule has 1 unspecified atom stereocenters. The van der Waals surface area contributed by atoms with Crippen LogP contribution in [-0.4, -0.2) is 33.9 Å². The molecule has 0 bridgehead atoms. The van der Waals surface area contributed by atoms with E-state index in [-0.39, 0.29) is 22.9 Å². The van der Waals surface area contributed by atoms with Crippen LogP contribution in [0.5, 0.6) is 0 Å². The van der Waals surface area contributed by atoms with E-state index in [9.17, 15) is 19.5 Å². The normalized spacial score (nSPS) is 13.7. The molecule has 35 heavy (non-hydrogen) atoms. The fourth-order valence-electron chi connectivity index (χ4n) is 4.47. The summed E-state index contributed by atoms with van der Waals surface area (Å²) in [6, 6.07) is 13.3. The van der Waals surface area contributed by atoms with Crippen LogP contribution < -0.4 is 10.7 Å².